The molecule has 0 unspecified atom stereocenters. The highest BCUT2D eigenvalue weighted by Crippen LogP contribution is 2.22. The number of carbonyl (C=O) groups excluding carboxylic acids is 2. The largest absolute Gasteiger partial charge is 0.338 e. The predicted octanol–water partition coefficient (Wildman–Crippen LogP) is 3.47. The molecule has 0 bridgehead atoms. The van der Waals surface area contributed by atoms with Crippen LogP contribution in [0.15, 0.2) is 42.6 Å². The quantitative estimate of drug-likeness (QED) is 0.796. The fourth-order valence-electron chi connectivity index (χ4n) is 4.39. The van der Waals surface area contributed by atoms with Crippen LogP contribution >= 0.6 is 0 Å². The number of nitrogens with zero attached hydrogens (tertiary/aromatic N) is 3. The van der Waals surface area contributed by atoms with Gasteiger partial charge in [0.05, 0.1) is 11.3 Å². The fraction of sp³-hybridized carbons (Fsp3) is 0.417. The first-order chi connectivity index (χ1) is 15.1. The van der Waals surface area contributed by atoms with E-state index in [0.717, 1.165) is 31.2 Å². The van der Waals surface area contributed by atoms with Crippen LogP contribution in [0.25, 0.3) is 11.3 Å². The molecule has 31 heavy (non-hydrogen) atoms. The van der Waals surface area contributed by atoms with E-state index in [9.17, 15) is 14.9 Å². The lowest BCUT2D eigenvalue weighted by Gasteiger charge is -2.32. The Hall–Kier alpha value is -3.40. The molecular formula is C24H27N5O2. The number of urea groups is 1. The van der Waals surface area contributed by atoms with E-state index >= 15 is 0 Å². The third kappa shape index (κ3) is 5.02. The molecule has 0 atom stereocenters. The summed E-state index contributed by atoms with van der Waals surface area (Å²) < 4.78 is 0. The van der Waals surface area contributed by atoms with Crippen LogP contribution in [0.4, 0.5) is 4.79 Å². The molecule has 2 N–H and O–H groups in total. The first-order valence-corrected chi connectivity index (χ1v) is 11.0. The Morgan fingerprint density at radius 2 is 1.61 bits per heavy atom. The first-order valence-electron chi connectivity index (χ1n) is 11.0. The van der Waals surface area contributed by atoms with Crippen molar-refractivity contribution in [2.75, 3.05) is 13.1 Å². The summed E-state index contributed by atoms with van der Waals surface area (Å²) in [5.74, 6) is -0.0121. The maximum atomic E-state index is 12.9. The lowest BCUT2D eigenvalue weighted by molar-refractivity contribution is 0.0708. The molecule has 0 radical (unpaired) electrons. The van der Waals surface area contributed by atoms with Gasteiger partial charge in [-0.15, -0.1) is 0 Å². The molecule has 2 fully saturated rings. The average Bonchev–Trinajstić information content (AvgIpc) is 3.32. The van der Waals surface area contributed by atoms with Crippen molar-refractivity contribution in [3.63, 3.8) is 0 Å². The third-order valence-electron chi connectivity index (χ3n) is 6.14. The minimum atomic E-state index is -0.0847. The minimum absolute atomic E-state index is 0.0121. The van der Waals surface area contributed by atoms with Crippen LogP contribution in [0.1, 0.15) is 54.4 Å². The van der Waals surface area contributed by atoms with Gasteiger partial charge in [-0.2, -0.15) is 5.26 Å². The molecule has 1 saturated heterocycles. The average molecular weight is 418 g/mol. The van der Waals surface area contributed by atoms with Gasteiger partial charge in [-0.25, -0.2) is 4.79 Å². The summed E-state index contributed by atoms with van der Waals surface area (Å²) in [6.45, 7) is 1.24. The number of carbonyl (C=O) groups is 2. The second-order valence-corrected chi connectivity index (χ2v) is 8.25. The Kier molecular flexibility index (Phi) is 6.46. The van der Waals surface area contributed by atoms with Crippen LogP contribution in [0, 0.1) is 11.3 Å². The molecule has 160 valence electrons. The van der Waals surface area contributed by atoms with Gasteiger partial charge in [0.25, 0.3) is 5.91 Å². The minimum Gasteiger partial charge on any atom is -0.338 e. The number of nitrogens with one attached hydrogen (secondary N) is 2. The van der Waals surface area contributed by atoms with Crippen LogP contribution in [0.5, 0.6) is 0 Å². The van der Waals surface area contributed by atoms with Crippen LogP contribution in [0.2, 0.25) is 0 Å². The van der Waals surface area contributed by atoms with Crippen molar-refractivity contribution in [1.82, 2.24) is 20.5 Å². The van der Waals surface area contributed by atoms with Gasteiger partial charge in [-0.3, -0.25) is 9.78 Å². The summed E-state index contributed by atoms with van der Waals surface area (Å²) in [6.07, 6.45) is 7.67. The van der Waals surface area contributed by atoms with Gasteiger partial charge in [-0.05, 0) is 49.9 Å². The zero-order valence-corrected chi connectivity index (χ0v) is 17.5. The Labute approximate surface area is 182 Å². The van der Waals surface area contributed by atoms with E-state index in [2.05, 4.69) is 21.7 Å². The summed E-state index contributed by atoms with van der Waals surface area (Å²) in [7, 11) is 0. The fourth-order valence-corrected chi connectivity index (χ4v) is 4.39. The van der Waals surface area contributed by atoms with E-state index in [-0.39, 0.29) is 18.0 Å². The van der Waals surface area contributed by atoms with Gasteiger partial charge in [0.1, 0.15) is 6.07 Å². The molecular weight excluding hydrogens is 390 g/mol. The number of hydrogen-bond donors (Lipinski definition) is 2. The highest BCUT2D eigenvalue weighted by molar-refractivity contribution is 5.94. The summed E-state index contributed by atoms with van der Waals surface area (Å²) in [6, 6.07) is 13.2. The van der Waals surface area contributed by atoms with Crippen LogP contribution in [-0.2, 0) is 0 Å². The van der Waals surface area contributed by atoms with Crippen molar-refractivity contribution < 1.29 is 9.59 Å². The van der Waals surface area contributed by atoms with Crippen LogP contribution < -0.4 is 10.6 Å². The van der Waals surface area contributed by atoms with Crippen molar-refractivity contribution in [2.24, 2.45) is 0 Å². The van der Waals surface area contributed by atoms with E-state index in [1.165, 1.54) is 12.8 Å². The molecule has 7 heteroatoms. The molecule has 1 aliphatic carbocycles. The second kappa shape index (κ2) is 9.61. The van der Waals surface area contributed by atoms with E-state index in [1.54, 1.807) is 30.5 Å². The standard InChI is InChI=1S/C24H27N5O2/c25-16-19-4-3-13-26-22(19)17-7-9-18(10-8-17)23(30)29-14-11-21(12-15-29)28-24(31)27-20-5-1-2-6-20/h3-4,7-10,13,20-21H,1-2,5-6,11-12,14-15H2,(H2,27,28,31). The van der Waals surface area contributed by atoms with Crippen molar-refractivity contribution in [2.45, 2.75) is 50.6 Å². The maximum absolute atomic E-state index is 12.9. The summed E-state index contributed by atoms with van der Waals surface area (Å²) in [4.78, 5) is 31.2. The number of piperidine rings is 1. The van der Waals surface area contributed by atoms with Gasteiger partial charge >= 0.3 is 6.03 Å². The lowest BCUT2D eigenvalue weighted by atomic mass is 10.0. The van der Waals surface area contributed by atoms with Gasteiger partial charge in [0.15, 0.2) is 0 Å². The van der Waals surface area contributed by atoms with Gasteiger partial charge in [0.2, 0.25) is 0 Å². The predicted molar refractivity (Wildman–Crippen MR) is 117 cm³/mol. The summed E-state index contributed by atoms with van der Waals surface area (Å²) in [5, 5.41) is 15.4. The molecule has 7 nitrogen and oxygen atoms in total. The zero-order valence-electron chi connectivity index (χ0n) is 17.5. The van der Waals surface area contributed by atoms with E-state index in [1.807, 2.05) is 17.0 Å². The number of amides is 3. The Bertz CT molecular complexity index is 968. The molecule has 1 aromatic heterocycles. The number of rotatable bonds is 4. The highest BCUT2D eigenvalue weighted by Gasteiger charge is 2.25. The van der Waals surface area contributed by atoms with Crippen molar-refractivity contribution in [3.05, 3.63) is 53.7 Å². The number of nitriles is 1. The monoisotopic (exact) mass is 417 g/mol. The normalized spacial score (nSPS) is 17.2. The molecule has 2 aromatic rings. The molecule has 1 aliphatic heterocycles. The molecule has 3 amide bonds. The molecule has 0 spiro atoms. The van der Waals surface area contributed by atoms with E-state index in [4.69, 9.17) is 0 Å². The first kappa shape index (κ1) is 20.9. The SMILES string of the molecule is N#Cc1cccnc1-c1ccc(C(=O)N2CCC(NC(=O)NC3CCCC3)CC2)cc1. The Balaban J connectivity index is 1.30. The zero-order chi connectivity index (χ0) is 21.6. The van der Waals surface area contributed by atoms with Crippen molar-refractivity contribution in [3.8, 4) is 17.3 Å². The molecule has 2 aliphatic rings. The maximum Gasteiger partial charge on any atom is 0.315 e. The number of hydrogen-bond acceptors (Lipinski definition) is 4. The number of aromatic nitrogens is 1. The number of benzene rings is 1. The van der Waals surface area contributed by atoms with Gasteiger partial charge in [0, 0.05) is 42.5 Å². The highest BCUT2D eigenvalue weighted by atomic mass is 16.2. The molecule has 2 heterocycles. The lowest BCUT2D eigenvalue weighted by Crippen LogP contribution is -2.50. The van der Waals surface area contributed by atoms with Gasteiger partial charge in [-0.1, -0.05) is 25.0 Å². The summed E-state index contributed by atoms with van der Waals surface area (Å²) >= 11 is 0. The molecule has 1 saturated carbocycles. The second-order valence-electron chi connectivity index (χ2n) is 8.25. The van der Waals surface area contributed by atoms with Crippen molar-refractivity contribution >= 4 is 11.9 Å². The Morgan fingerprint density at radius 1 is 0.968 bits per heavy atom. The van der Waals surface area contributed by atoms with Crippen molar-refractivity contribution in [1.29, 1.82) is 5.26 Å². The van der Waals surface area contributed by atoms with Crippen LogP contribution in [0.3, 0.4) is 0 Å². The van der Waals surface area contributed by atoms with E-state index < -0.39 is 0 Å². The summed E-state index contributed by atoms with van der Waals surface area (Å²) in [5.41, 5.74) is 2.55. The molecule has 4 rings (SSSR count). The topological polar surface area (TPSA) is 98.1 Å². The van der Waals surface area contributed by atoms with E-state index in [0.29, 0.717) is 36.0 Å². The molecule has 1 aromatic carbocycles. The Morgan fingerprint density at radius 3 is 2.26 bits per heavy atom. The van der Waals surface area contributed by atoms with Crippen LogP contribution in [-0.4, -0.2) is 47.0 Å². The van der Waals surface area contributed by atoms with Gasteiger partial charge < -0.3 is 15.5 Å². The smallest absolute Gasteiger partial charge is 0.315 e. The number of pyridine rings is 1. The number of likely N-dealkylation sites (tertiary alicyclic amines) is 1. The third-order valence-corrected chi connectivity index (χ3v) is 6.14.